The Bertz CT molecular complexity index is 600. The summed E-state index contributed by atoms with van der Waals surface area (Å²) in [5, 5.41) is 10.9. The van der Waals surface area contributed by atoms with Crippen molar-refractivity contribution in [2.75, 3.05) is 13.7 Å². The molecule has 6 heteroatoms. The van der Waals surface area contributed by atoms with Gasteiger partial charge in [0.25, 0.3) is 0 Å². The van der Waals surface area contributed by atoms with Crippen LogP contribution in [0.2, 0.25) is 0 Å². The minimum atomic E-state index is -3.75. The van der Waals surface area contributed by atoms with Crippen molar-refractivity contribution >= 4 is 9.84 Å². The number of aliphatic hydroxyl groups is 1. The number of sulfone groups is 1. The van der Waals surface area contributed by atoms with Crippen molar-refractivity contribution in [3.63, 3.8) is 0 Å². The molecule has 1 aromatic rings. The fourth-order valence-corrected chi connectivity index (χ4v) is 5.38. The van der Waals surface area contributed by atoms with Crippen LogP contribution in [-0.2, 0) is 19.3 Å². The van der Waals surface area contributed by atoms with Gasteiger partial charge in [0.2, 0.25) is 9.84 Å². The van der Waals surface area contributed by atoms with E-state index in [4.69, 9.17) is 9.47 Å². The van der Waals surface area contributed by atoms with Crippen LogP contribution in [-0.4, -0.2) is 44.4 Å². The highest BCUT2D eigenvalue weighted by Gasteiger charge is 2.62. The predicted molar refractivity (Wildman–Crippen MR) is 76.5 cm³/mol. The summed E-state index contributed by atoms with van der Waals surface area (Å²) in [5.41, 5.74) is -2.62. The fraction of sp³-hybridized carbons (Fsp3) is 0.600. The first-order valence-electron chi connectivity index (χ1n) is 7.16. The van der Waals surface area contributed by atoms with Crippen molar-refractivity contribution in [2.24, 2.45) is 5.92 Å². The van der Waals surface area contributed by atoms with E-state index >= 15 is 0 Å². The molecule has 0 radical (unpaired) electrons. The van der Waals surface area contributed by atoms with Crippen LogP contribution < -0.4 is 0 Å². The molecule has 1 N–H and O–H groups in total. The molecular formula is C15H20O5S. The zero-order chi connectivity index (χ0) is 15.1. The second-order valence-electron chi connectivity index (χ2n) is 5.78. The lowest BCUT2D eigenvalue weighted by molar-refractivity contribution is -0.242. The van der Waals surface area contributed by atoms with E-state index in [2.05, 4.69) is 0 Å². The SMILES string of the molecule is COC([C@@]1(O)C[C@@H]2OCCC[C@@H]21)S(=O)(=O)c1ccccc1. The van der Waals surface area contributed by atoms with E-state index in [1.807, 2.05) is 0 Å². The molecular weight excluding hydrogens is 292 g/mol. The van der Waals surface area contributed by atoms with Gasteiger partial charge in [-0.2, -0.15) is 0 Å². The van der Waals surface area contributed by atoms with Gasteiger partial charge >= 0.3 is 0 Å². The maximum absolute atomic E-state index is 12.8. The van der Waals surface area contributed by atoms with E-state index in [1.54, 1.807) is 18.2 Å². The molecule has 5 nitrogen and oxygen atoms in total. The third kappa shape index (κ3) is 2.30. The minimum absolute atomic E-state index is 0.0487. The zero-order valence-corrected chi connectivity index (χ0v) is 12.8. The van der Waals surface area contributed by atoms with E-state index < -0.39 is 20.9 Å². The van der Waals surface area contributed by atoms with E-state index in [0.717, 1.165) is 12.8 Å². The molecule has 1 aliphatic heterocycles. The van der Waals surface area contributed by atoms with Crippen LogP contribution in [0.5, 0.6) is 0 Å². The van der Waals surface area contributed by atoms with Gasteiger partial charge in [0.05, 0.1) is 11.0 Å². The molecule has 116 valence electrons. The maximum Gasteiger partial charge on any atom is 0.208 e. The molecule has 3 rings (SSSR count). The molecule has 1 heterocycles. The number of methoxy groups -OCH3 is 1. The quantitative estimate of drug-likeness (QED) is 0.909. The summed E-state index contributed by atoms with van der Waals surface area (Å²) >= 11 is 0. The molecule has 1 saturated heterocycles. The Kier molecular flexibility index (Phi) is 3.81. The monoisotopic (exact) mass is 312 g/mol. The molecule has 2 aliphatic rings. The van der Waals surface area contributed by atoms with Crippen LogP contribution in [0.3, 0.4) is 0 Å². The Labute approximate surface area is 124 Å². The summed E-state index contributed by atoms with van der Waals surface area (Å²) in [7, 11) is -2.41. The first kappa shape index (κ1) is 15.0. The summed E-state index contributed by atoms with van der Waals surface area (Å²) in [5.74, 6) is -0.172. The smallest absolute Gasteiger partial charge is 0.208 e. The first-order chi connectivity index (χ1) is 10.00. The van der Waals surface area contributed by atoms with Crippen LogP contribution >= 0.6 is 0 Å². The van der Waals surface area contributed by atoms with Gasteiger partial charge in [-0.05, 0) is 25.0 Å². The predicted octanol–water partition coefficient (Wildman–Crippen LogP) is 1.36. The van der Waals surface area contributed by atoms with E-state index in [9.17, 15) is 13.5 Å². The number of rotatable bonds is 4. The Hall–Kier alpha value is -0.950. The van der Waals surface area contributed by atoms with Gasteiger partial charge < -0.3 is 14.6 Å². The average molecular weight is 312 g/mol. The highest BCUT2D eigenvalue weighted by molar-refractivity contribution is 7.92. The average Bonchev–Trinajstić information content (AvgIpc) is 2.48. The van der Waals surface area contributed by atoms with Crippen molar-refractivity contribution in [1.29, 1.82) is 0 Å². The molecule has 1 aliphatic carbocycles. The summed E-state index contributed by atoms with van der Waals surface area (Å²) in [6.07, 6.45) is 1.87. The number of hydrogen-bond acceptors (Lipinski definition) is 5. The summed E-state index contributed by atoms with van der Waals surface area (Å²) in [4.78, 5) is 0.172. The highest BCUT2D eigenvalue weighted by atomic mass is 32.2. The lowest BCUT2D eigenvalue weighted by atomic mass is 9.64. The van der Waals surface area contributed by atoms with Crippen molar-refractivity contribution in [3.05, 3.63) is 30.3 Å². The number of ether oxygens (including phenoxy) is 2. The number of benzene rings is 1. The molecule has 4 atom stereocenters. The Balaban J connectivity index is 1.92. The summed E-state index contributed by atoms with van der Waals surface area (Å²) < 4.78 is 36.3. The molecule has 2 fully saturated rings. The lowest BCUT2D eigenvalue weighted by Crippen LogP contribution is -2.67. The molecule has 1 unspecified atom stereocenters. The van der Waals surface area contributed by atoms with Gasteiger partial charge in [-0.1, -0.05) is 18.2 Å². The fourth-order valence-electron chi connectivity index (χ4n) is 3.53. The second-order valence-corrected chi connectivity index (χ2v) is 7.77. The Morgan fingerprint density at radius 2 is 2.10 bits per heavy atom. The largest absolute Gasteiger partial charge is 0.386 e. The highest BCUT2D eigenvalue weighted by Crippen LogP contribution is 2.50. The van der Waals surface area contributed by atoms with Crippen LogP contribution in [0.4, 0.5) is 0 Å². The van der Waals surface area contributed by atoms with Gasteiger partial charge in [0, 0.05) is 26.1 Å². The maximum atomic E-state index is 12.8. The molecule has 0 aromatic heterocycles. The van der Waals surface area contributed by atoms with E-state index in [1.165, 1.54) is 19.2 Å². The van der Waals surface area contributed by atoms with Crippen molar-refractivity contribution in [3.8, 4) is 0 Å². The molecule has 0 amide bonds. The third-order valence-corrected chi connectivity index (χ3v) is 6.68. The van der Waals surface area contributed by atoms with Gasteiger partial charge in [0.1, 0.15) is 5.60 Å². The van der Waals surface area contributed by atoms with Crippen LogP contribution in [0.15, 0.2) is 35.2 Å². The van der Waals surface area contributed by atoms with Gasteiger partial charge in [0.15, 0.2) is 5.44 Å². The summed E-state index contributed by atoms with van der Waals surface area (Å²) in [6.45, 7) is 0.681. The van der Waals surface area contributed by atoms with Gasteiger partial charge in [-0.25, -0.2) is 8.42 Å². The normalized spacial score (nSPS) is 33.8. The number of hydrogen-bond donors (Lipinski definition) is 1. The Morgan fingerprint density at radius 1 is 1.38 bits per heavy atom. The topological polar surface area (TPSA) is 72.8 Å². The Morgan fingerprint density at radius 3 is 2.71 bits per heavy atom. The zero-order valence-electron chi connectivity index (χ0n) is 11.9. The molecule has 1 aromatic carbocycles. The molecule has 0 bridgehead atoms. The van der Waals surface area contributed by atoms with Crippen LogP contribution in [0, 0.1) is 5.92 Å². The van der Waals surface area contributed by atoms with Crippen molar-refractivity contribution in [2.45, 2.75) is 41.3 Å². The minimum Gasteiger partial charge on any atom is -0.386 e. The third-order valence-electron chi connectivity index (χ3n) is 4.59. The molecule has 21 heavy (non-hydrogen) atoms. The van der Waals surface area contributed by atoms with Gasteiger partial charge in [-0.15, -0.1) is 0 Å². The molecule has 0 spiro atoms. The molecule has 1 saturated carbocycles. The van der Waals surface area contributed by atoms with E-state index in [0.29, 0.717) is 13.0 Å². The van der Waals surface area contributed by atoms with Crippen molar-refractivity contribution in [1.82, 2.24) is 0 Å². The number of fused-ring (bicyclic) bond motifs is 1. The van der Waals surface area contributed by atoms with E-state index in [-0.39, 0.29) is 16.9 Å². The van der Waals surface area contributed by atoms with Crippen molar-refractivity contribution < 1.29 is 23.0 Å². The summed E-state index contributed by atoms with van der Waals surface area (Å²) in [6, 6.07) is 8.13. The van der Waals surface area contributed by atoms with Crippen LogP contribution in [0.1, 0.15) is 19.3 Å². The van der Waals surface area contributed by atoms with Crippen LogP contribution in [0.25, 0.3) is 0 Å². The second kappa shape index (κ2) is 5.35. The van der Waals surface area contributed by atoms with Gasteiger partial charge in [-0.3, -0.25) is 0 Å². The first-order valence-corrected chi connectivity index (χ1v) is 8.70. The lowest BCUT2D eigenvalue weighted by Gasteiger charge is -2.55. The standard InChI is InChI=1S/C15H20O5S/c1-19-14(21(17,18)11-6-3-2-4-7-11)15(16)10-13-12(15)8-5-9-20-13/h2-4,6-7,12-14,16H,5,8-10H2,1H3/t12-,13-,14?,15+/m0/s1.